The average molecular weight is 274 g/mol. The maximum absolute atomic E-state index is 3.74. The third-order valence-electron chi connectivity index (χ3n) is 4.49. The molecule has 1 aliphatic rings. The molecular formula is C18H30N2. The van der Waals surface area contributed by atoms with E-state index >= 15 is 0 Å². The SMILES string of the molecule is CC1CCCC(NCCN(C)CCc2ccccc2)C1. The van der Waals surface area contributed by atoms with Gasteiger partial charge < -0.3 is 10.2 Å². The fraction of sp³-hybridized carbons (Fsp3) is 0.667. The first-order valence-corrected chi connectivity index (χ1v) is 8.20. The molecule has 1 fully saturated rings. The Morgan fingerprint density at radius 1 is 1.15 bits per heavy atom. The van der Waals surface area contributed by atoms with Gasteiger partial charge in [0.2, 0.25) is 0 Å². The largest absolute Gasteiger partial charge is 0.313 e. The second-order valence-electron chi connectivity index (χ2n) is 6.46. The van der Waals surface area contributed by atoms with E-state index in [-0.39, 0.29) is 0 Å². The molecular weight excluding hydrogens is 244 g/mol. The monoisotopic (exact) mass is 274 g/mol. The van der Waals surface area contributed by atoms with Gasteiger partial charge in [-0.2, -0.15) is 0 Å². The summed E-state index contributed by atoms with van der Waals surface area (Å²) in [6.07, 6.45) is 6.72. The van der Waals surface area contributed by atoms with Crippen LogP contribution in [0.5, 0.6) is 0 Å². The second-order valence-corrected chi connectivity index (χ2v) is 6.46. The van der Waals surface area contributed by atoms with Crippen molar-refractivity contribution in [2.45, 2.75) is 45.1 Å². The normalized spacial score (nSPS) is 23.1. The highest BCUT2D eigenvalue weighted by atomic mass is 15.1. The Morgan fingerprint density at radius 2 is 1.95 bits per heavy atom. The summed E-state index contributed by atoms with van der Waals surface area (Å²) in [5.41, 5.74) is 1.44. The number of rotatable bonds is 7. The Balaban J connectivity index is 1.57. The number of nitrogens with one attached hydrogen (secondary N) is 1. The highest BCUT2D eigenvalue weighted by Crippen LogP contribution is 2.23. The maximum Gasteiger partial charge on any atom is 0.0104 e. The molecule has 2 rings (SSSR count). The zero-order valence-electron chi connectivity index (χ0n) is 13.1. The van der Waals surface area contributed by atoms with E-state index in [1.165, 1.54) is 31.2 Å². The van der Waals surface area contributed by atoms with E-state index in [1.54, 1.807) is 0 Å². The summed E-state index contributed by atoms with van der Waals surface area (Å²) in [5.74, 6) is 0.914. The highest BCUT2D eigenvalue weighted by molar-refractivity contribution is 5.14. The van der Waals surface area contributed by atoms with Crippen LogP contribution in [0.3, 0.4) is 0 Å². The average Bonchev–Trinajstić information content (AvgIpc) is 2.46. The van der Waals surface area contributed by atoms with Crippen molar-refractivity contribution in [3.63, 3.8) is 0 Å². The summed E-state index contributed by atoms with van der Waals surface area (Å²) in [7, 11) is 2.23. The van der Waals surface area contributed by atoms with Gasteiger partial charge in [-0.15, -0.1) is 0 Å². The molecule has 1 saturated carbocycles. The topological polar surface area (TPSA) is 15.3 Å². The molecule has 0 saturated heterocycles. The summed E-state index contributed by atoms with van der Waals surface area (Å²) < 4.78 is 0. The lowest BCUT2D eigenvalue weighted by Gasteiger charge is -2.28. The van der Waals surface area contributed by atoms with Crippen LogP contribution in [0.25, 0.3) is 0 Å². The molecule has 1 N–H and O–H groups in total. The predicted molar refractivity (Wildman–Crippen MR) is 87.1 cm³/mol. The molecule has 2 atom stereocenters. The van der Waals surface area contributed by atoms with Gasteiger partial charge in [0.15, 0.2) is 0 Å². The van der Waals surface area contributed by atoms with E-state index in [4.69, 9.17) is 0 Å². The van der Waals surface area contributed by atoms with Gasteiger partial charge in [0.05, 0.1) is 0 Å². The van der Waals surface area contributed by atoms with E-state index in [2.05, 4.69) is 54.5 Å². The third-order valence-corrected chi connectivity index (χ3v) is 4.49. The second kappa shape index (κ2) is 8.43. The molecule has 20 heavy (non-hydrogen) atoms. The van der Waals surface area contributed by atoms with E-state index in [0.717, 1.165) is 38.0 Å². The number of likely N-dealkylation sites (N-methyl/N-ethyl adjacent to an activating group) is 1. The van der Waals surface area contributed by atoms with Crippen LogP contribution >= 0.6 is 0 Å². The number of benzene rings is 1. The van der Waals surface area contributed by atoms with Gasteiger partial charge in [0, 0.05) is 25.7 Å². The first-order valence-electron chi connectivity index (χ1n) is 8.20. The molecule has 0 heterocycles. The zero-order chi connectivity index (χ0) is 14.2. The van der Waals surface area contributed by atoms with Gasteiger partial charge in [-0.05, 0) is 37.8 Å². The first-order chi connectivity index (χ1) is 9.74. The lowest BCUT2D eigenvalue weighted by atomic mass is 9.87. The summed E-state index contributed by atoms with van der Waals surface area (Å²) >= 11 is 0. The Morgan fingerprint density at radius 3 is 2.70 bits per heavy atom. The summed E-state index contributed by atoms with van der Waals surface area (Å²) in [6.45, 7) is 5.81. The van der Waals surface area contributed by atoms with Crippen LogP contribution in [0.4, 0.5) is 0 Å². The molecule has 2 unspecified atom stereocenters. The fourth-order valence-corrected chi connectivity index (χ4v) is 3.16. The van der Waals surface area contributed by atoms with Crippen LogP contribution in [0.15, 0.2) is 30.3 Å². The van der Waals surface area contributed by atoms with Crippen LogP contribution in [-0.2, 0) is 6.42 Å². The number of nitrogens with zero attached hydrogens (tertiary/aromatic N) is 1. The van der Waals surface area contributed by atoms with Gasteiger partial charge in [-0.1, -0.05) is 50.1 Å². The predicted octanol–water partition coefficient (Wildman–Crippen LogP) is 3.33. The molecule has 0 aromatic heterocycles. The Hall–Kier alpha value is -0.860. The quantitative estimate of drug-likeness (QED) is 0.820. The van der Waals surface area contributed by atoms with Crippen molar-refractivity contribution in [2.75, 3.05) is 26.7 Å². The van der Waals surface area contributed by atoms with Crippen molar-refractivity contribution in [2.24, 2.45) is 5.92 Å². The maximum atomic E-state index is 3.74. The van der Waals surface area contributed by atoms with Gasteiger partial charge >= 0.3 is 0 Å². The van der Waals surface area contributed by atoms with E-state index < -0.39 is 0 Å². The van der Waals surface area contributed by atoms with Crippen LogP contribution in [0, 0.1) is 5.92 Å². The van der Waals surface area contributed by atoms with E-state index in [0.29, 0.717) is 0 Å². The van der Waals surface area contributed by atoms with Gasteiger partial charge in [-0.3, -0.25) is 0 Å². The molecule has 0 bridgehead atoms. The molecule has 2 heteroatoms. The Kier molecular flexibility index (Phi) is 6.55. The van der Waals surface area contributed by atoms with Crippen molar-refractivity contribution in [1.29, 1.82) is 0 Å². The standard InChI is InChI=1S/C18H30N2/c1-16-7-6-10-18(15-16)19-12-14-20(2)13-11-17-8-4-3-5-9-17/h3-5,8-9,16,18-19H,6-7,10-15H2,1-2H3. The highest BCUT2D eigenvalue weighted by Gasteiger charge is 2.17. The first kappa shape index (κ1) is 15.5. The number of hydrogen-bond donors (Lipinski definition) is 1. The van der Waals surface area contributed by atoms with Crippen LogP contribution < -0.4 is 5.32 Å². The van der Waals surface area contributed by atoms with E-state index in [9.17, 15) is 0 Å². The molecule has 1 aromatic rings. The minimum atomic E-state index is 0.765. The van der Waals surface area contributed by atoms with E-state index in [1.807, 2.05) is 0 Å². The molecule has 1 aromatic carbocycles. The lowest BCUT2D eigenvalue weighted by molar-refractivity contribution is 0.278. The lowest BCUT2D eigenvalue weighted by Crippen LogP contribution is -2.38. The molecule has 0 spiro atoms. The summed E-state index contributed by atoms with van der Waals surface area (Å²) in [5, 5.41) is 3.74. The van der Waals surface area contributed by atoms with Crippen LogP contribution in [0.2, 0.25) is 0 Å². The van der Waals surface area contributed by atoms with Gasteiger partial charge in [-0.25, -0.2) is 0 Å². The minimum Gasteiger partial charge on any atom is -0.313 e. The van der Waals surface area contributed by atoms with Crippen molar-refractivity contribution >= 4 is 0 Å². The minimum absolute atomic E-state index is 0.765. The third kappa shape index (κ3) is 5.64. The Bertz CT molecular complexity index is 363. The van der Waals surface area contributed by atoms with Gasteiger partial charge in [0.25, 0.3) is 0 Å². The van der Waals surface area contributed by atoms with Crippen molar-refractivity contribution in [3.8, 4) is 0 Å². The van der Waals surface area contributed by atoms with Crippen molar-refractivity contribution in [1.82, 2.24) is 10.2 Å². The zero-order valence-corrected chi connectivity index (χ0v) is 13.1. The summed E-state index contributed by atoms with van der Waals surface area (Å²) in [4.78, 5) is 2.44. The van der Waals surface area contributed by atoms with Crippen LogP contribution in [-0.4, -0.2) is 37.6 Å². The molecule has 2 nitrogen and oxygen atoms in total. The fourth-order valence-electron chi connectivity index (χ4n) is 3.16. The molecule has 0 radical (unpaired) electrons. The molecule has 112 valence electrons. The Labute approximate surface area is 124 Å². The summed E-state index contributed by atoms with van der Waals surface area (Å²) in [6, 6.07) is 11.5. The van der Waals surface area contributed by atoms with Gasteiger partial charge in [0.1, 0.15) is 0 Å². The molecule has 1 aliphatic carbocycles. The molecule has 0 aliphatic heterocycles. The smallest absolute Gasteiger partial charge is 0.0104 e. The van der Waals surface area contributed by atoms with Crippen molar-refractivity contribution in [3.05, 3.63) is 35.9 Å². The number of hydrogen-bond acceptors (Lipinski definition) is 2. The molecule has 0 amide bonds. The van der Waals surface area contributed by atoms with Crippen LogP contribution in [0.1, 0.15) is 38.2 Å². The van der Waals surface area contributed by atoms with Crippen molar-refractivity contribution < 1.29 is 0 Å².